The molecule has 7 nitrogen and oxygen atoms in total. The number of rotatable bonds is 5. The molecule has 1 heterocycles. The largest absolute Gasteiger partial charge is 0.326 e. The average Bonchev–Trinajstić information content (AvgIpc) is 3.04. The molecular formula is C20H21N3O4. The highest BCUT2D eigenvalue weighted by Crippen LogP contribution is 2.29. The number of hydrogen-bond donors (Lipinski definition) is 1. The molecule has 0 bridgehead atoms. The van der Waals surface area contributed by atoms with Crippen LogP contribution in [0.15, 0.2) is 42.5 Å². The number of nitro benzene ring substituents is 1. The average molecular weight is 367 g/mol. The Hall–Kier alpha value is -3.22. The maximum atomic E-state index is 12.6. The molecule has 1 atom stereocenters. The second kappa shape index (κ2) is 7.57. The summed E-state index contributed by atoms with van der Waals surface area (Å²) in [6, 6.07) is 12.2. The molecule has 1 N–H and O–H groups in total. The molecule has 1 aliphatic rings. The first-order chi connectivity index (χ1) is 12.9. The van der Waals surface area contributed by atoms with Crippen molar-refractivity contribution in [1.82, 2.24) is 0 Å². The zero-order valence-electron chi connectivity index (χ0n) is 15.3. The zero-order valence-corrected chi connectivity index (χ0v) is 15.3. The molecule has 7 heteroatoms. The number of benzene rings is 2. The Balaban J connectivity index is 1.75. The van der Waals surface area contributed by atoms with Gasteiger partial charge in [0.15, 0.2) is 0 Å². The van der Waals surface area contributed by atoms with Crippen LogP contribution >= 0.6 is 0 Å². The molecule has 0 spiro atoms. The second-order valence-electron chi connectivity index (χ2n) is 6.64. The number of nitrogens with zero attached hydrogens (tertiary/aromatic N) is 2. The number of para-hydroxylation sites is 1. The van der Waals surface area contributed by atoms with Crippen LogP contribution in [0, 0.1) is 23.0 Å². The van der Waals surface area contributed by atoms with Crippen LogP contribution in [0.3, 0.4) is 0 Å². The molecule has 1 fully saturated rings. The molecule has 2 aromatic carbocycles. The predicted molar refractivity (Wildman–Crippen MR) is 103 cm³/mol. The first kappa shape index (κ1) is 18.6. The van der Waals surface area contributed by atoms with Crippen LogP contribution in [0.2, 0.25) is 0 Å². The highest BCUT2D eigenvalue weighted by molar-refractivity contribution is 6.04. The van der Waals surface area contributed by atoms with Gasteiger partial charge in [-0.15, -0.1) is 0 Å². The van der Waals surface area contributed by atoms with Gasteiger partial charge in [-0.2, -0.15) is 0 Å². The third kappa shape index (κ3) is 3.81. The second-order valence-corrected chi connectivity index (χ2v) is 6.64. The molecule has 140 valence electrons. The van der Waals surface area contributed by atoms with Crippen LogP contribution in [-0.4, -0.2) is 23.3 Å². The van der Waals surface area contributed by atoms with Crippen LogP contribution < -0.4 is 10.2 Å². The third-order valence-corrected chi connectivity index (χ3v) is 4.83. The summed E-state index contributed by atoms with van der Waals surface area (Å²) < 4.78 is 0. The van der Waals surface area contributed by atoms with E-state index < -0.39 is 10.8 Å². The Kier molecular flexibility index (Phi) is 5.21. The Bertz CT molecular complexity index is 910. The number of nitrogens with one attached hydrogen (secondary N) is 1. The van der Waals surface area contributed by atoms with Gasteiger partial charge in [-0.05, 0) is 31.0 Å². The smallest absolute Gasteiger partial charge is 0.274 e. The van der Waals surface area contributed by atoms with Crippen molar-refractivity contribution >= 4 is 28.9 Å². The van der Waals surface area contributed by atoms with Crippen LogP contribution in [-0.2, 0) is 16.0 Å². The zero-order chi connectivity index (χ0) is 19.6. The fourth-order valence-electron chi connectivity index (χ4n) is 3.32. The summed E-state index contributed by atoms with van der Waals surface area (Å²) in [5.41, 5.74) is 2.73. The standard InChI is InChI=1S/C20H21N3O4/c1-3-14-6-4-5-7-17(14)22-12-15(10-19(22)24)20(25)21-16-9-8-13(2)18(11-16)23(26)27/h4-9,11,15H,3,10,12H2,1-2H3,(H,21,25)/t15-/m0/s1. The van der Waals surface area contributed by atoms with Gasteiger partial charge in [-0.1, -0.05) is 31.2 Å². The lowest BCUT2D eigenvalue weighted by Gasteiger charge is -2.20. The summed E-state index contributed by atoms with van der Waals surface area (Å²) in [7, 11) is 0. The fourth-order valence-corrected chi connectivity index (χ4v) is 3.32. The summed E-state index contributed by atoms with van der Waals surface area (Å²) in [5.74, 6) is -0.897. The molecule has 0 aromatic heterocycles. The topological polar surface area (TPSA) is 92.6 Å². The number of nitro groups is 1. The molecule has 2 aromatic rings. The predicted octanol–water partition coefficient (Wildman–Crippen LogP) is 3.46. The fraction of sp³-hybridized carbons (Fsp3) is 0.300. The third-order valence-electron chi connectivity index (χ3n) is 4.83. The highest BCUT2D eigenvalue weighted by Gasteiger charge is 2.35. The van der Waals surface area contributed by atoms with Crippen molar-refractivity contribution in [3.63, 3.8) is 0 Å². The van der Waals surface area contributed by atoms with Gasteiger partial charge in [0.05, 0.1) is 10.8 Å². The van der Waals surface area contributed by atoms with Gasteiger partial charge >= 0.3 is 0 Å². The summed E-state index contributed by atoms with van der Waals surface area (Å²) in [4.78, 5) is 37.3. The summed E-state index contributed by atoms with van der Waals surface area (Å²) >= 11 is 0. The van der Waals surface area contributed by atoms with E-state index in [1.807, 2.05) is 31.2 Å². The maximum Gasteiger partial charge on any atom is 0.274 e. The Labute approximate surface area is 157 Å². The van der Waals surface area contributed by atoms with Gasteiger partial charge in [0.25, 0.3) is 5.69 Å². The van der Waals surface area contributed by atoms with E-state index in [0.717, 1.165) is 17.7 Å². The molecule has 0 radical (unpaired) electrons. The molecule has 3 rings (SSSR count). The van der Waals surface area contributed by atoms with Gasteiger partial charge in [-0.25, -0.2) is 0 Å². The lowest BCUT2D eigenvalue weighted by Crippen LogP contribution is -2.28. The van der Waals surface area contributed by atoms with Gasteiger partial charge in [0, 0.05) is 36.0 Å². The molecule has 27 heavy (non-hydrogen) atoms. The lowest BCUT2D eigenvalue weighted by atomic mass is 10.1. The summed E-state index contributed by atoms with van der Waals surface area (Å²) in [6.45, 7) is 3.96. The van der Waals surface area contributed by atoms with E-state index in [-0.39, 0.29) is 23.9 Å². The lowest BCUT2D eigenvalue weighted by molar-refractivity contribution is -0.385. The van der Waals surface area contributed by atoms with Crippen molar-refractivity contribution in [2.75, 3.05) is 16.8 Å². The van der Waals surface area contributed by atoms with Gasteiger partial charge in [0.2, 0.25) is 11.8 Å². The number of anilines is 2. The van der Waals surface area contributed by atoms with E-state index in [2.05, 4.69) is 5.32 Å². The summed E-state index contributed by atoms with van der Waals surface area (Å²) in [6.07, 6.45) is 0.918. The molecule has 0 saturated carbocycles. The number of aryl methyl sites for hydroxylation is 2. The van der Waals surface area contributed by atoms with E-state index in [9.17, 15) is 19.7 Å². The quantitative estimate of drug-likeness (QED) is 0.647. The highest BCUT2D eigenvalue weighted by atomic mass is 16.6. The van der Waals surface area contributed by atoms with Crippen LogP contribution in [0.25, 0.3) is 0 Å². The van der Waals surface area contributed by atoms with Crippen molar-refractivity contribution in [3.05, 3.63) is 63.7 Å². The van der Waals surface area contributed by atoms with Gasteiger partial charge in [-0.3, -0.25) is 19.7 Å². The normalized spacial score (nSPS) is 16.4. The molecule has 2 amide bonds. The number of carbonyl (C=O) groups excluding carboxylic acids is 2. The Morgan fingerprint density at radius 1 is 1.30 bits per heavy atom. The van der Waals surface area contributed by atoms with Crippen LogP contribution in [0.4, 0.5) is 17.1 Å². The van der Waals surface area contributed by atoms with Crippen LogP contribution in [0.5, 0.6) is 0 Å². The van der Waals surface area contributed by atoms with E-state index in [1.54, 1.807) is 24.0 Å². The van der Waals surface area contributed by atoms with Gasteiger partial charge in [0.1, 0.15) is 0 Å². The number of carbonyl (C=O) groups is 2. The van der Waals surface area contributed by atoms with Crippen molar-refractivity contribution in [1.29, 1.82) is 0 Å². The minimum absolute atomic E-state index is 0.0474. The van der Waals surface area contributed by atoms with Crippen molar-refractivity contribution in [3.8, 4) is 0 Å². The van der Waals surface area contributed by atoms with E-state index in [1.165, 1.54) is 6.07 Å². The van der Waals surface area contributed by atoms with Crippen molar-refractivity contribution < 1.29 is 14.5 Å². The van der Waals surface area contributed by atoms with E-state index >= 15 is 0 Å². The van der Waals surface area contributed by atoms with E-state index in [0.29, 0.717) is 17.8 Å². The summed E-state index contributed by atoms with van der Waals surface area (Å²) in [5, 5.41) is 13.8. The molecule has 1 saturated heterocycles. The molecular weight excluding hydrogens is 346 g/mol. The van der Waals surface area contributed by atoms with Crippen molar-refractivity contribution in [2.45, 2.75) is 26.7 Å². The number of amides is 2. The number of hydrogen-bond acceptors (Lipinski definition) is 4. The van der Waals surface area contributed by atoms with Gasteiger partial charge < -0.3 is 10.2 Å². The van der Waals surface area contributed by atoms with E-state index in [4.69, 9.17) is 0 Å². The SMILES string of the molecule is CCc1ccccc1N1C[C@@H](C(=O)Nc2ccc(C)c([N+](=O)[O-])c2)CC1=O. The molecule has 0 unspecified atom stereocenters. The molecule has 0 aliphatic carbocycles. The minimum Gasteiger partial charge on any atom is -0.326 e. The minimum atomic E-state index is -0.497. The van der Waals surface area contributed by atoms with Crippen molar-refractivity contribution in [2.24, 2.45) is 5.92 Å². The Morgan fingerprint density at radius 2 is 2.04 bits per heavy atom. The first-order valence-corrected chi connectivity index (χ1v) is 8.85. The monoisotopic (exact) mass is 367 g/mol. The Morgan fingerprint density at radius 3 is 2.74 bits per heavy atom. The first-order valence-electron chi connectivity index (χ1n) is 8.85. The molecule has 1 aliphatic heterocycles. The maximum absolute atomic E-state index is 12.6. The van der Waals surface area contributed by atoms with Crippen LogP contribution in [0.1, 0.15) is 24.5 Å².